The van der Waals surface area contributed by atoms with Gasteiger partial charge in [-0.05, 0) is 65.7 Å². The Bertz CT molecular complexity index is 1570. The van der Waals surface area contributed by atoms with Crippen LogP contribution in [0.2, 0.25) is 0 Å². The number of halogens is 2. The second-order valence-electron chi connectivity index (χ2n) is 14.3. The Morgan fingerprint density at radius 1 is 0.945 bits per heavy atom. The molecule has 0 aliphatic carbocycles. The number of hydrogen-bond donors (Lipinski definition) is 4. The maximum atomic E-state index is 13.5. The number of hydrogen-bond acceptors (Lipinski definition) is 16. The van der Waals surface area contributed by atoms with E-state index in [1.807, 2.05) is 20.8 Å². The van der Waals surface area contributed by atoms with Crippen molar-refractivity contribution in [3.63, 3.8) is 0 Å². The number of aromatic nitrogens is 2. The molecule has 0 aromatic carbocycles. The predicted molar refractivity (Wildman–Crippen MR) is 206 cm³/mol. The fraction of sp³-hybridized carbons (Fsp3) is 0.694. The quantitative estimate of drug-likeness (QED) is 0.0605. The van der Waals surface area contributed by atoms with Crippen LogP contribution in [0.4, 0.5) is 0 Å². The molecule has 0 radical (unpaired) electrons. The van der Waals surface area contributed by atoms with Crippen LogP contribution in [0.1, 0.15) is 137 Å². The normalized spacial score (nSPS) is 15.3. The van der Waals surface area contributed by atoms with Gasteiger partial charge in [0.1, 0.15) is 38.8 Å². The number of carbonyl (C=O) groups excluding carboxylic acids is 5. The van der Waals surface area contributed by atoms with Crippen molar-refractivity contribution in [3.8, 4) is 0 Å². The molecular formula is C36H53Cl2N3O12S2. The van der Waals surface area contributed by atoms with Gasteiger partial charge in [-0.3, -0.25) is 14.4 Å². The third kappa shape index (κ3) is 16.6. The molecule has 2 aromatic rings. The number of thiazole rings is 2. The van der Waals surface area contributed by atoms with Gasteiger partial charge in [0.25, 0.3) is 0 Å². The number of nitrogens with zero attached hydrogens (tertiary/aromatic N) is 2. The zero-order valence-electron chi connectivity index (χ0n) is 32.3. The van der Waals surface area contributed by atoms with Crippen molar-refractivity contribution >= 4 is 75.7 Å². The van der Waals surface area contributed by atoms with Gasteiger partial charge in [-0.1, -0.05) is 20.8 Å². The van der Waals surface area contributed by atoms with E-state index in [2.05, 4.69) is 15.3 Å². The summed E-state index contributed by atoms with van der Waals surface area (Å²) in [5.41, 5.74) is -1.83. The molecule has 0 spiro atoms. The number of amides is 1. The number of nitrogens with one attached hydrogen (secondary N) is 1. The van der Waals surface area contributed by atoms with E-state index in [-0.39, 0.29) is 46.1 Å². The lowest BCUT2D eigenvalue weighted by molar-refractivity contribution is -0.171. The molecule has 2 rings (SSSR count). The van der Waals surface area contributed by atoms with Crippen LogP contribution in [0.3, 0.4) is 0 Å². The number of aliphatic hydroxyl groups excluding tert-OH is 2. The second kappa shape index (κ2) is 22.1. The predicted octanol–water partition coefficient (Wildman–Crippen LogP) is 5.63. The van der Waals surface area contributed by atoms with E-state index in [9.17, 15) is 39.3 Å². The number of alkyl halides is 2. The molecule has 1 amide bonds. The highest BCUT2D eigenvalue weighted by molar-refractivity contribution is 7.10. The molecule has 0 unspecified atom stereocenters. The third-order valence-electron chi connectivity index (χ3n) is 8.12. The van der Waals surface area contributed by atoms with Crippen molar-refractivity contribution in [1.29, 1.82) is 0 Å². The lowest BCUT2D eigenvalue weighted by Gasteiger charge is -2.30. The summed E-state index contributed by atoms with van der Waals surface area (Å²) >= 11 is 14.2. The molecular weight excluding hydrogens is 801 g/mol. The van der Waals surface area contributed by atoms with Gasteiger partial charge in [0, 0.05) is 17.2 Å². The van der Waals surface area contributed by atoms with Gasteiger partial charge in [0.2, 0.25) is 5.91 Å². The summed E-state index contributed by atoms with van der Waals surface area (Å²) in [6.07, 6.45) is -3.28. The number of rotatable bonds is 23. The molecule has 55 heavy (non-hydrogen) atoms. The standard InChI is InChI=1S/C36H53Cl2N3O12S2/c1-9-11-27(44)39-21(14-19(2)3)24(42)15-28(45)51-16-25(43)30-40-23(18-54-30)34(48)52-26(12-10-13-36(7,37)38)20(4)32(46)53-29(35(5,6)49)31-41-22(17-55-31)33(47)50-8/h17-21,24-26,29,42-43,49H,9-16H2,1-8H3,(H,39,44)/t20-,21-,24+,25+,26-,29+/m0/s1. The molecule has 2 aromatic heterocycles. The summed E-state index contributed by atoms with van der Waals surface area (Å²) in [5.74, 6) is -4.44. The number of carbonyl (C=O) groups is 5. The highest BCUT2D eigenvalue weighted by atomic mass is 35.5. The Kier molecular flexibility index (Phi) is 19.4. The Morgan fingerprint density at radius 3 is 2.11 bits per heavy atom. The minimum Gasteiger partial charge on any atom is -0.464 e. The molecule has 0 bridgehead atoms. The lowest BCUT2D eigenvalue weighted by Crippen LogP contribution is -2.45. The van der Waals surface area contributed by atoms with Gasteiger partial charge in [0.05, 0.1) is 31.6 Å². The summed E-state index contributed by atoms with van der Waals surface area (Å²) in [6, 6.07) is -0.658. The molecule has 0 aliphatic heterocycles. The third-order valence-corrected chi connectivity index (χ3v) is 10.3. The number of esters is 4. The first kappa shape index (κ1) is 48.2. The summed E-state index contributed by atoms with van der Waals surface area (Å²) in [6.45, 7) is 11.1. The average molecular weight is 855 g/mol. The van der Waals surface area contributed by atoms with Crippen molar-refractivity contribution < 1.29 is 58.2 Å². The molecule has 15 nitrogen and oxygen atoms in total. The van der Waals surface area contributed by atoms with E-state index in [0.717, 1.165) is 22.7 Å². The highest BCUT2D eigenvalue weighted by Crippen LogP contribution is 2.34. The highest BCUT2D eigenvalue weighted by Gasteiger charge is 2.39. The van der Waals surface area contributed by atoms with Crippen LogP contribution in [0.15, 0.2) is 10.8 Å². The van der Waals surface area contributed by atoms with Gasteiger partial charge in [0.15, 0.2) is 17.5 Å². The summed E-state index contributed by atoms with van der Waals surface area (Å²) in [4.78, 5) is 71.8. The summed E-state index contributed by atoms with van der Waals surface area (Å²) < 4.78 is 20.2. The van der Waals surface area contributed by atoms with E-state index in [4.69, 9.17) is 42.1 Å². The molecule has 6 atom stereocenters. The van der Waals surface area contributed by atoms with Crippen molar-refractivity contribution in [2.45, 2.75) is 134 Å². The topological polar surface area (TPSA) is 221 Å². The Labute approximate surface area is 339 Å². The smallest absolute Gasteiger partial charge is 0.358 e. The fourth-order valence-corrected chi connectivity index (χ4v) is 7.19. The summed E-state index contributed by atoms with van der Waals surface area (Å²) in [7, 11) is 1.19. The van der Waals surface area contributed by atoms with Crippen LogP contribution < -0.4 is 5.32 Å². The van der Waals surface area contributed by atoms with Crippen molar-refractivity contribution in [1.82, 2.24) is 15.3 Å². The van der Waals surface area contributed by atoms with Crippen LogP contribution >= 0.6 is 45.9 Å². The van der Waals surface area contributed by atoms with Gasteiger partial charge < -0.3 is 39.6 Å². The molecule has 0 saturated carbocycles. The van der Waals surface area contributed by atoms with Gasteiger partial charge >= 0.3 is 23.9 Å². The largest absolute Gasteiger partial charge is 0.464 e. The van der Waals surface area contributed by atoms with Crippen molar-refractivity contribution in [2.75, 3.05) is 13.7 Å². The van der Waals surface area contributed by atoms with Crippen LogP contribution in [-0.2, 0) is 33.3 Å². The number of ether oxygens (including phenoxy) is 4. The first-order chi connectivity index (χ1) is 25.6. The minimum absolute atomic E-state index is 0.0257. The Balaban J connectivity index is 2.13. The Morgan fingerprint density at radius 2 is 1.55 bits per heavy atom. The zero-order valence-corrected chi connectivity index (χ0v) is 35.5. The molecule has 4 N–H and O–H groups in total. The van der Waals surface area contributed by atoms with Gasteiger partial charge in [-0.15, -0.1) is 45.9 Å². The van der Waals surface area contributed by atoms with Crippen LogP contribution in [-0.4, -0.2) is 97.0 Å². The van der Waals surface area contributed by atoms with E-state index in [0.29, 0.717) is 25.7 Å². The maximum absolute atomic E-state index is 13.5. The van der Waals surface area contributed by atoms with Crippen LogP contribution in [0.25, 0.3) is 0 Å². The first-order valence-corrected chi connectivity index (χ1v) is 20.4. The van der Waals surface area contributed by atoms with E-state index in [1.54, 1.807) is 6.92 Å². The Hall–Kier alpha value is -2.93. The van der Waals surface area contributed by atoms with Crippen molar-refractivity contribution in [2.24, 2.45) is 11.8 Å². The zero-order chi connectivity index (χ0) is 41.7. The molecule has 19 heteroatoms. The van der Waals surface area contributed by atoms with Crippen LogP contribution in [0, 0.1) is 11.8 Å². The molecule has 0 aliphatic rings. The molecule has 0 fully saturated rings. The van der Waals surface area contributed by atoms with Crippen LogP contribution in [0.5, 0.6) is 0 Å². The monoisotopic (exact) mass is 853 g/mol. The van der Waals surface area contributed by atoms with E-state index < -0.39 is 83.2 Å². The molecule has 0 saturated heterocycles. The summed E-state index contributed by atoms with van der Waals surface area (Å²) in [5, 5.41) is 37.9. The second-order valence-corrected chi connectivity index (χ2v) is 18.0. The minimum atomic E-state index is -1.63. The number of methoxy groups -OCH3 is 1. The maximum Gasteiger partial charge on any atom is 0.358 e. The van der Waals surface area contributed by atoms with E-state index >= 15 is 0 Å². The molecule has 2 heterocycles. The van der Waals surface area contributed by atoms with Gasteiger partial charge in [-0.2, -0.15) is 0 Å². The number of aliphatic hydroxyl groups is 3. The lowest BCUT2D eigenvalue weighted by atomic mass is 9.97. The van der Waals surface area contributed by atoms with Crippen molar-refractivity contribution in [3.05, 3.63) is 32.2 Å². The SMILES string of the molecule is CCCC(=O)N[C@@H](CC(C)C)[C@H](O)CC(=O)OC[C@@H](O)c1nc(C(=O)O[C@@H](CCCC(C)(Cl)Cl)[C@H](C)C(=O)O[C@H](c2nc(C(=O)OC)cs2)C(C)(C)O)cs1. The average Bonchev–Trinajstić information content (AvgIpc) is 3.78. The molecule has 310 valence electrons. The van der Waals surface area contributed by atoms with E-state index in [1.165, 1.54) is 38.6 Å². The van der Waals surface area contributed by atoms with Gasteiger partial charge in [-0.25, -0.2) is 19.6 Å². The fourth-order valence-electron chi connectivity index (χ4n) is 5.18. The first-order valence-electron chi connectivity index (χ1n) is 17.9.